The molecule has 0 aliphatic heterocycles. The highest BCUT2D eigenvalue weighted by atomic mass is 35.5. The van der Waals surface area contributed by atoms with Crippen LogP contribution in [0.5, 0.6) is 5.75 Å². The summed E-state index contributed by atoms with van der Waals surface area (Å²) < 4.78 is 5.86. The predicted molar refractivity (Wildman–Crippen MR) is 137 cm³/mol. The van der Waals surface area contributed by atoms with Crippen molar-refractivity contribution in [3.05, 3.63) is 64.2 Å². The highest BCUT2D eigenvalue weighted by Crippen LogP contribution is 2.26. The number of carbonyl (C=O) groups is 2. The molecule has 34 heavy (non-hydrogen) atoms. The van der Waals surface area contributed by atoms with Crippen molar-refractivity contribution in [1.29, 1.82) is 0 Å². The second-order valence-electron chi connectivity index (χ2n) is 9.25. The number of carbonyl (C=O) groups excluding carboxylic acids is 2. The van der Waals surface area contributed by atoms with E-state index in [1.807, 2.05) is 63.2 Å². The van der Waals surface area contributed by atoms with Crippen molar-refractivity contribution >= 4 is 23.4 Å². The zero-order chi connectivity index (χ0) is 24.5. The van der Waals surface area contributed by atoms with Crippen LogP contribution in [-0.2, 0) is 16.0 Å². The minimum Gasteiger partial charge on any atom is -0.484 e. The lowest BCUT2D eigenvalue weighted by Gasteiger charge is -2.32. The van der Waals surface area contributed by atoms with Crippen LogP contribution < -0.4 is 10.1 Å². The van der Waals surface area contributed by atoms with Crippen LogP contribution in [0.25, 0.3) is 0 Å². The molecule has 2 aromatic rings. The zero-order valence-electron chi connectivity index (χ0n) is 20.6. The number of benzene rings is 2. The van der Waals surface area contributed by atoms with Crippen LogP contribution >= 0.6 is 11.6 Å². The Kier molecular flexibility index (Phi) is 9.82. The molecule has 1 N–H and O–H groups in total. The topological polar surface area (TPSA) is 58.6 Å². The van der Waals surface area contributed by atoms with Crippen LogP contribution in [-0.4, -0.2) is 41.9 Å². The Morgan fingerprint density at radius 3 is 2.35 bits per heavy atom. The fourth-order valence-electron chi connectivity index (χ4n) is 4.66. The lowest BCUT2D eigenvalue weighted by atomic mass is 9.95. The zero-order valence-corrected chi connectivity index (χ0v) is 21.4. The van der Waals surface area contributed by atoms with Gasteiger partial charge in [0.25, 0.3) is 5.91 Å². The van der Waals surface area contributed by atoms with E-state index >= 15 is 0 Å². The molecule has 1 aliphatic carbocycles. The fraction of sp³-hybridized carbons (Fsp3) is 0.500. The molecule has 184 valence electrons. The van der Waals surface area contributed by atoms with Gasteiger partial charge in [-0.3, -0.25) is 9.59 Å². The van der Waals surface area contributed by atoms with Crippen molar-refractivity contribution < 1.29 is 14.3 Å². The van der Waals surface area contributed by atoms with Crippen molar-refractivity contribution in [2.45, 2.75) is 77.8 Å². The Morgan fingerprint density at radius 1 is 1.09 bits per heavy atom. The molecule has 0 saturated heterocycles. The monoisotopic (exact) mass is 484 g/mol. The second kappa shape index (κ2) is 12.8. The van der Waals surface area contributed by atoms with Gasteiger partial charge in [-0.05, 0) is 68.4 Å². The lowest BCUT2D eigenvalue weighted by molar-refractivity contribution is -0.142. The summed E-state index contributed by atoms with van der Waals surface area (Å²) in [4.78, 5) is 28.3. The average molecular weight is 485 g/mol. The Morgan fingerprint density at radius 2 is 1.74 bits per heavy atom. The minimum atomic E-state index is -0.518. The van der Waals surface area contributed by atoms with Crippen LogP contribution in [0.1, 0.15) is 62.1 Å². The molecule has 1 aliphatic rings. The van der Waals surface area contributed by atoms with E-state index in [1.165, 1.54) is 6.42 Å². The van der Waals surface area contributed by atoms with Crippen molar-refractivity contribution in [1.82, 2.24) is 10.2 Å². The van der Waals surface area contributed by atoms with Crippen LogP contribution in [0.3, 0.4) is 0 Å². The largest absolute Gasteiger partial charge is 0.484 e. The maximum Gasteiger partial charge on any atom is 0.261 e. The number of rotatable bonds is 10. The molecule has 2 amide bonds. The third-order valence-electron chi connectivity index (χ3n) is 6.59. The molecule has 0 aromatic heterocycles. The molecule has 5 nitrogen and oxygen atoms in total. The molecule has 2 aromatic carbocycles. The summed E-state index contributed by atoms with van der Waals surface area (Å²) in [5.41, 5.74) is 2.94. The summed E-state index contributed by atoms with van der Waals surface area (Å²) >= 11 is 6.26. The van der Waals surface area contributed by atoms with E-state index in [2.05, 4.69) is 5.32 Å². The number of hydrogen-bond acceptors (Lipinski definition) is 3. The van der Waals surface area contributed by atoms with Gasteiger partial charge in [0.15, 0.2) is 6.61 Å². The van der Waals surface area contributed by atoms with Crippen LogP contribution in [0, 0.1) is 13.8 Å². The standard InChI is InChI=1S/C28H37ClN2O3/c1-4-25(28(33)30-23-13-9-6-10-14-23)31(16-15-22-11-7-5-8-12-22)26(32)19-34-24-17-20(2)27(29)21(3)18-24/h5,7-8,11-12,17-18,23,25H,4,6,9-10,13-16,19H2,1-3H3,(H,30,33)/t25-/m0/s1. The molecule has 0 spiro atoms. The van der Waals surface area contributed by atoms with Crippen LogP contribution in [0.2, 0.25) is 5.02 Å². The van der Waals surface area contributed by atoms with Gasteiger partial charge in [0, 0.05) is 17.6 Å². The molecular weight excluding hydrogens is 448 g/mol. The molecule has 0 unspecified atom stereocenters. The number of nitrogens with zero attached hydrogens (tertiary/aromatic N) is 1. The minimum absolute atomic E-state index is 0.0611. The van der Waals surface area contributed by atoms with Crippen LogP contribution in [0.15, 0.2) is 42.5 Å². The van der Waals surface area contributed by atoms with Gasteiger partial charge >= 0.3 is 0 Å². The number of amides is 2. The van der Waals surface area contributed by atoms with E-state index in [9.17, 15) is 9.59 Å². The predicted octanol–water partition coefficient (Wildman–Crippen LogP) is 5.63. The third kappa shape index (κ3) is 7.23. The first-order chi connectivity index (χ1) is 16.4. The van der Waals surface area contributed by atoms with Gasteiger partial charge in [0.2, 0.25) is 5.91 Å². The van der Waals surface area contributed by atoms with Gasteiger partial charge < -0.3 is 15.0 Å². The molecular formula is C28H37ClN2O3. The van der Waals surface area contributed by atoms with Crippen LogP contribution in [0.4, 0.5) is 0 Å². The number of aryl methyl sites for hydroxylation is 2. The van der Waals surface area contributed by atoms with E-state index in [0.29, 0.717) is 30.2 Å². The first-order valence-electron chi connectivity index (χ1n) is 12.4. The van der Waals surface area contributed by atoms with Gasteiger partial charge in [-0.15, -0.1) is 0 Å². The molecule has 0 heterocycles. The highest BCUT2D eigenvalue weighted by Gasteiger charge is 2.30. The Hall–Kier alpha value is -2.53. The number of ether oxygens (including phenoxy) is 1. The molecule has 0 radical (unpaired) electrons. The number of hydrogen-bond donors (Lipinski definition) is 1. The smallest absolute Gasteiger partial charge is 0.261 e. The molecule has 1 atom stereocenters. The van der Waals surface area contributed by atoms with E-state index in [1.54, 1.807) is 4.90 Å². The summed E-state index contributed by atoms with van der Waals surface area (Å²) in [6.07, 6.45) is 6.78. The molecule has 3 rings (SSSR count). The highest BCUT2D eigenvalue weighted by molar-refractivity contribution is 6.32. The maximum absolute atomic E-state index is 13.4. The third-order valence-corrected chi connectivity index (χ3v) is 7.19. The number of halogens is 1. The average Bonchev–Trinajstić information content (AvgIpc) is 2.84. The van der Waals surface area contributed by atoms with Gasteiger partial charge in [-0.2, -0.15) is 0 Å². The molecule has 6 heteroatoms. The normalized spacial score (nSPS) is 14.9. The summed E-state index contributed by atoms with van der Waals surface area (Å²) in [6, 6.07) is 13.4. The molecule has 0 bridgehead atoms. The van der Waals surface area contributed by atoms with Gasteiger partial charge in [0.1, 0.15) is 11.8 Å². The maximum atomic E-state index is 13.4. The van der Waals surface area contributed by atoms with Crippen molar-refractivity contribution in [2.75, 3.05) is 13.2 Å². The fourth-order valence-corrected chi connectivity index (χ4v) is 4.77. The van der Waals surface area contributed by atoms with E-state index in [-0.39, 0.29) is 24.5 Å². The van der Waals surface area contributed by atoms with E-state index < -0.39 is 6.04 Å². The van der Waals surface area contributed by atoms with Gasteiger partial charge in [0.05, 0.1) is 0 Å². The van der Waals surface area contributed by atoms with Crippen molar-refractivity contribution in [3.8, 4) is 5.75 Å². The summed E-state index contributed by atoms with van der Waals surface area (Å²) in [5.74, 6) is 0.358. The quantitative estimate of drug-likeness (QED) is 0.475. The lowest BCUT2D eigenvalue weighted by Crippen LogP contribution is -2.53. The molecule has 1 fully saturated rings. The first-order valence-corrected chi connectivity index (χ1v) is 12.8. The van der Waals surface area contributed by atoms with E-state index in [0.717, 1.165) is 42.4 Å². The van der Waals surface area contributed by atoms with Crippen molar-refractivity contribution in [3.63, 3.8) is 0 Å². The Bertz CT molecular complexity index is 934. The summed E-state index contributed by atoms with van der Waals surface area (Å²) in [7, 11) is 0. The van der Waals surface area contributed by atoms with Gasteiger partial charge in [-0.1, -0.05) is 68.1 Å². The second-order valence-corrected chi connectivity index (χ2v) is 9.63. The van der Waals surface area contributed by atoms with Crippen molar-refractivity contribution in [2.24, 2.45) is 0 Å². The summed E-state index contributed by atoms with van der Waals surface area (Å²) in [5, 5.41) is 3.91. The van der Waals surface area contributed by atoms with Gasteiger partial charge in [-0.25, -0.2) is 0 Å². The SMILES string of the molecule is CC[C@@H](C(=O)NC1CCCCC1)N(CCc1ccccc1)C(=O)COc1cc(C)c(Cl)c(C)c1. The first kappa shape index (κ1) is 26.1. The van der Waals surface area contributed by atoms with E-state index in [4.69, 9.17) is 16.3 Å². The Labute approximate surface area is 208 Å². The summed E-state index contributed by atoms with van der Waals surface area (Å²) in [6.45, 7) is 6.13. The Balaban J connectivity index is 1.72. The molecule has 1 saturated carbocycles. The number of nitrogens with one attached hydrogen (secondary N) is 1.